The minimum atomic E-state index is 0.392. The molecule has 1 saturated heterocycles. The Morgan fingerprint density at radius 3 is 2.67 bits per heavy atom. The summed E-state index contributed by atoms with van der Waals surface area (Å²) >= 11 is 0. The van der Waals surface area contributed by atoms with Crippen molar-refractivity contribution in [2.75, 3.05) is 0 Å². The summed E-state index contributed by atoms with van der Waals surface area (Å²) in [6.45, 7) is 4.45. The lowest BCUT2D eigenvalue weighted by molar-refractivity contribution is 0.0216. The molecule has 0 aromatic carbocycles. The molecule has 2 rings (SSSR count). The highest BCUT2D eigenvalue weighted by molar-refractivity contribution is 4.94. The van der Waals surface area contributed by atoms with Gasteiger partial charge in [-0.15, -0.1) is 0 Å². The zero-order valence-corrected chi connectivity index (χ0v) is 7.99. The van der Waals surface area contributed by atoms with E-state index >= 15 is 0 Å². The predicted molar refractivity (Wildman–Crippen MR) is 48.8 cm³/mol. The lowest BCUT2D eigenvalue weighted by Gasteiger charge is -2.31. The van der Waals surface area contributed by atoms with E-state index in [1.807, 2.05) is 0 Å². The predicted octanol–water partition coefficient (Wildman–Crippen LogP) is 1.54. The number of rotatable bonds is 0. The molecule has 2 N–H and O–H groups in total. The molecule has 0 amide bonds. The van der Waals surface area contributed by atoms with Crippen LogP contribution in [0.15, 0.2) is 0 Å². The Hall–Kier alpha value is -0.0800. The van der Waals surface area contributed by atoms with Gasteiger partial charge in [-0.3, -0.25) is 0 Å². The second-order valence-corrected chi connectivity index (χ2v) is 4.41. The van der Waals surface area contributed by atoms with Crippen LogP contribution in [0.4, 0.5) is 0 Å². The van der Waals surface area contributed by atoms with Crippen molar-refractivity contribution in [1.82, 2.24) is 0 Å². The van der Waals surface area contributed by atoms with Gasteiger partial charge >= 0.3 is 0 Å². The Morgan fingerprint density at radius 2 is 2.00 bits per heavy atom. The first-order valence-electron chi connectivity index (χ1n) is 5.11. The van der Waals surface area contributed by atoms with Crippen LogP contribution in [0.3, 0.4) is 0 Å². The summed E-state index contributed by atoms with van der Waals surface area (Å²) in [6, 6.07) is 0.392. The standard InChI is InChI=1S/C10H19NO/c1-6-7(2)12-9-5-3-4-8(11)10(6)9/h6-10H,3-5,11H2,1-2H3/t6-,7+,8-,9+,10+/m1/s1. The number of ether oxygens (including phenoxy) is 1. The van der Waals surface area contributed by atoms with Gasteiger partial charge in [0.15, 0.2) is 0 Å². The third-order valence-corrected chi connectivity index (χ3v) is 3.69. The minimum Gasteiger partial charge on any atom is -0.375 e. The molecule has 2 aliphatic rings. The molecule has 12 heavy (non-hydrogen) atoms. The van der Waals surface area contributed by atoms with E-state index in [1.165, 1.54) is 19.3 Å². The highest BCUT2D eigenvalue weighted by Crippen LogP contribution is 2.40. The zero-order chi connectivity index (χ0) is 8.72. The molecule has 2 nitrogen and oxygen atoms in total. The molecule has 70 valence electrons. The van der Waals surface area contributed by atoms with Crippen molar-refractivity contribution in [1.29, 1.82) is 0 Å². The molecule has 2 fully saturated rings. The van der Waals surface area contributed by atoms with Crippen LogP contribution in [0.5, 0.6) is 0 Å². The highest BCUT2D eigenvalue weighted by atomic mass is 16.5. The second kappa shape index (κ2) is 3.00. The van der Waals surface area contributed by atoms with E-state index in [9.17, 15) is 0 Å². The van der Waals surface area contributed by atoms with Crippen LogP contribution in [0.2, 0.25) is 0 Å². The Balaban J connectivity index is 2.12. The zero-order valence-electron chi connectivity index (χ0n) is 7.99. The largest absolute Gasteiger partial charge is 0.375 e. The van der Waals surface area contributed by atoms with E-state index < -0.39 is 0 Å². The molecular weight excluding hydrogens is 150 g/mol. The topological polar surface area (TPSA) is 35.2 Å². The third kappa shape index (κ3) is 1.17. The molecule has 2 heteroatoms. The van der Waals surface area contributed by atoms with Gasteiger partial charge < -0.3 is 10.5 Å². The second-order valence-electron chi connectivity index (χ2n) is 4.41. The van der Waals surface area contributed by atoms with Crippen molar-refractivity contribution in [3.8, 4) is 0 Å². The maximum Gasteiger partial charge on any atom is 0.0625 e. The average molecular weight is 169 g/mol. The maximum absolute atomic E-state index is 6.09. The number of hydrogen-bond acceptors (Lipinski definition) is 2. The van der Waals surface area contributed by atoms with Crippen LogP contribution < -0.4 is 5.73 Å². The summed E-state index contributed by atoms with van der Waals surface area (Å²) < 4.78 is 5.87. The smallest absolute Gasteiger partial charge is 0.0625 e. The van der Waals surface area contributed by atoms with Gasteiger partial charge in [0.05, 0.1) is 12.2 Å². The third-order valence-electron chi connectivity index (χ3n) is 3.69. The van der Waals surface area contributed by atoms with Gasteiger partial charge in [-0.05, 0) is 32.1 Å². The number of nitrogens with two attached hydrogens (primary N) is 1. The van der Waals surface area contributed by atoms with Crippen LogP contribution in [0, 0.1) is 11.8 Å². The fourth-order valence-corrected chi connectivity index (χ4v) is 2.82. The number of hydrogen-bond donors (Lipinski definition) is 1. The van der Waals surface area contributed by atoms with Crippen molar-refractivity contribution < 1.29 is 4.74 Å². The van der Waals surface area contributed by atoms with Crippen LogP contribution in [-0.2, 0) is 4.74 Å². The summed E-state index contributed by atoms with van der Waals surface area (Å²) in [5.41, 5.74) is 6.09. The lowest BCUT2D eigenvalue weighted by Crippen LogP contribution is -2.41. The van der Waals surface area contributed by atoms with E-state index in [2.05, 4.69) is 13.8 Å². The first kappa shape index (κ1) is 8.52. The van der Waals surface area contributed by atoms with E-state index in [0.29, 0.717) is 30.1 Å². The van der Waals surface area contributed by atoms with Gasteiger partial charge in [0.1, 0.15) is 0 Å². The quantitative estimate of drug-likeness (QED) is 0.597. The van der Waals surface area contributed by atoms with Crippen molar-refractivity contribution in [3.63, 3.8) is 0 Å². The first-order chi connectivity index (χ1) is 5.70. The molecule has 0 radical (unpaired) electrons. The SMILES string of the molecule is C[C@H]1[C@H]2[C@H](N)CCC[C@@H]2O[C@H]1C. The van der Waals surface area contributed by atoms with Gasteiger partial charge in [-0.1, -0.05) is 6.92 Å². The van der Waals surface area contributed by atoms with Crippen LogP contribution in [-0.4, -0.2) is 18.2 Å². The summed E-state index contributed by atoms with van der Waals surface area (Å²) in [7, 11) is 0. The Morgan fingerprint density at radius 1 is 1.25 bits per heavy atom. The van der Waals surface area contributed by atoms with E-state index in [0.717, 1.165) is 0 Å². The van der Waals surface area contributed by atoms with Crippen molar-refractivity contribution in [3.05, 3.63) is 0 Å². The van der Waals surface area contributed by atoms with Gasteiger partial charge in [0.25, 0.3) is 0 Å². The molecule has 5 atom stereocenters. The van der Waals surface area contributed by atoms with Crippen molar-refractivity contribution in [2.45, 2.75) is 51.4 Å². The Kier molecular flexibility index (Phi) is 2.13. The Labute approximate surface area is 74.5 Å². The molecule has 0 aromatic rings. The van der Waals surface area contributed by atoms with Crippen LogP contribution in [0.25, 0.3) is 0 Å². The molecule has 1 saturated carbocycles. The fraction of sp³-hybridized carbons (Fsp3) is 1.00. The van der Waals surface area contributed by atoms with Gasteiger partial charge in [-0.25, -0.2) is 0 Å². The Bertz CT molecular complexity index is 171. The minimum absolute atomic E-state index is 0.392. The van der Waals surface area contributed by atoms with Gasteiger partial charge in [0, 0.05) is 12.0 Å². The summed E-state index contributed by atoms with van der Waals surface area (Å²) in [5, 5.41) is 0. The highest BCUT2D eigenvalue weighted by Gasteiger charge is 2.44. The van der Waals surface area contributed by atoms with E-state index in [-0.39, 0.29) is 0 Å². The summed E-state index contributed by atoms with van der Waals surface area (Å²) in [5.74, 6) is 1.29. The number of fused-ring (bicyclic) bond motifs is 1. The van der Waals surface area contributed by atoms with E-state index in [1.54, 1.807) is 0 Å². The maximum atomic E-state index is 6.09. The fourth-order valence-electron chi connectivity index (χ4n) is 2.82. The summed E-state index contributed by atoms with van der Waals surface area (Å²) in [4.78, 5) is 0. The van der Waals surface area contributed by atoms with Crippen molar-refractivity contribution >= 4 is 0 Å². The monoisotopic (exact) mass is 169 g/mol. The average Bonchev–Trinajstić information content (AvgIpc) is 2.29. The van der Waals surface area contributed by atoms with Gasteiger partial charge in [-0.2, -0.15) is 0 Å². The molecule has 0 unspecified atom stereocenters. The molecule has 1 aliphatic carbocycles. The molecule has 0 aromatic heterocycles. The molecule has 1 heterocycles. The van der Waals surface area contributed by atoms with Crippen LogP contribution >= 0.6 is 0 Å². The normalized spacial score (nSPS) is 53.8. The van der Waals surface area contributed by atoms with Gasteiger partial charge in [0.2, 0.25) is 0 Å². The molecular formula is C10H19NO. The molecule has 0 spiro atoms. The molecule has 1 aliphatic heterocycles. The van der Waals surface area contributed by atoms with Crippen LogP contribution in [0.1, 0.15) is 33.1 Å². The van der Waals surface area contributed by atoms with Crippen molar-refractivity contribution in [2.24, 2.45) is 17.6 Å². The van der Waals surface area contributed by atoms with E-state index in [4.69, 9.17) is 10.5 Å². The summed E-state index contributed by atoms with van der Waals surface area (Å²) in [6.07, 6.45) is 4.57. The lowest BCUT2D eigenvalue weighted by atomic mass is 9.76. The molecule has 0 bridgehead atoms. The first-order valence-corrected chi connectivity index (χ1v) is 5.11.